The third-order valence-corrected chi connectivity index (χ3v) is 3.14. The van der Waals surface area contributed by atoms with Crippen LogP contribution in [0.15, 0.2) is 18.2 Å². The second-order valence-electron chi connectivity index (χ2n) is 4.46. The number of anilines is 1. The van der Waals surface area contributed by atoms with E-state index < -0.39 is 0 Å². The smallest absolute Gasteiger partial charge is 0.228 e. The van der Waals surface area contributed by atoms with Gasteiger partial charge in [-0.25, -0.2) is 4.39 Å². The lowest BCUT2D eigenvalue weighted by Crippen LogP contribution is -2.37. The number of piperidine rings is 1. The maximum absolute atomic E-state index is 13.5. The molecule has 100 valence electrons. The average Bonchev–Trinajstić information content (AvgIpc) is 2.35. The van der Waals surface area contributed by atoms with Crippen molar-refractivity contribution in [3.05, 3.63) is 29.6 Å². The van der Waals surface area contributed by atoms with Crippen LogP contribution in [0, 0.1) is 18.7 Å². The Morgan fingerprint density at radius 1 is 1.50 bits per heavy atom. The van der Waals surface area contributed by atoms with Crippen molar-refractivity contribution in [2.75, 3.05) is 18.4 Å². The molecule has 1 fully saturated rings. The topological polar surface area (TPSA) is 41.1 Å². The summed E-state index contributed by atoms with van der Waals surface area (Å²) >= 11 is 0. The highest BCUT2D eigenvalue weighted by Crippen LogP contribution is 2.20. The van der Waals surface area contributed by atoms with Crippen LogP contribution in [0.2, 0.25) is 0 Å². The Balaban J connectivity index is 0.00000162. The van der Waals surface area contributed by atoms with Gasteiger partial charge in [-0.15, -0.1) is 12.4 Å². The second-order valence-corrected chi connectivity index (χ2v) is 4.46. The van der Waals surface area contributed by atoms with Gasteiger partial charge in [-0.1, -0.05) is 12.1 Å². The molecule has 1 amide bonds. The first kappa shape index (κ1) is 14.9. The minimum absolute atomic E-state index is 0. The molecule has 1 atom stereocenters. The van der Waals surface area contributed by atoms with E-state index in [4.69, 9.17) is 0 Å². The van der Waals surface area contributed by atoms with E-state index in [1.54, 1.807) is 19.1 Å². The van der Waals surface area contributed by atoms with Gasteiger partial charge in [-0.2, -0.15) is 0 Å². The van der Waals surface area contributed by atoms with Crippen LogP contribution in [0.3, 0.4) is 0 Å². The van der Waals surface area contributed by atoms with E-state index >= 15 is 0 Å². The molecular weight excluding hydrogens is 255 g/mol. The van der Waals surface area contributed by atoms with Gasteiger partial charge in [0.1, 0.15) is 5.82 Å². The maximum atomic E-state index is 13.5. The summed E-state index contributed by atoms with van der Waals surface area (Å²) in [5.74, 6) is -0.518. The number of rotatable bonds is 2. The minimum atomic E-state index is -0.373. The van der Waals surface area contributed by atoms with Crippen molar-refractivity contribution in [1.82, 2.24) is 5.32 Å². The van der Waals surface area contributed by atoms with Gasteiger partial charge in [-0.05, 0) is 37.9 Å². The molecule has 1 aliphatic rings. The van der Waals surface area contributed by atoms with E-state index in [-0.39, 0.29) is 30.0 Å². The number of benzene rings is 1. The molecule has 0 aliphatic carbocycles. The highest BCUT2D eigenvalue weighted by atomic mass is 35.5. The zero-order valence-electron chi connectivity index (χ0n) is 10.3. The van der Waals surface area contributed by atoms with Crippen LogP contribution in [0.4, 0.5) is 10.1 Å². The van der Waals surface area contributed by atoms with Gasteiger partial charge in [0.2, 0.25) is 5.91 Å². The lowest BCUT2D eigenvalue weighted by atomic mass is 9.98. The number of para-hydroxylation sites is 1. The number of carbonyl (C=O) groups is 1. The predicted octanol–water partition coefficient (Wildman–Crippen LogP) is 2.49. The Morgan fingerprint density at radius 3 is 2.89 bits per heavy atom. The fourth-order valence-corrected chi connectivity index (χ4v) is 2.09. The van der Waals surface area contributed by atoms with Crippen molar-refractivity contribution < 1.29 is 9.18 Å². The highest BCUT2D eigenvalue weighted by molar-refractivity contribution is 5.93. The van der Waals surface area contributed by atoms with Crippen LogP contribution in [0.25, 0.3) is 0 Å². The summed E-state index contributed by atoms with van der Waals surface area (Å²) in [5.41, 5.74) is 1.06. The van der Waals surface area contributed by atoms with Crippen LogP contribution in [0.1, 0.15) is 18.4 Å². The molecule has 0 aromatic heterocycles. The minimum Gasteiger partial charge on any atom is -0.323 e. The third kappa shape index (κ3) is 3.43. The van der Waals surface area contributed by atoms with Crippen molar-refractivity contribution in [2.24, 2.45) is 5.92 Å². The molecule has 18 heavy (non-hydrogen) atoms. The molecule has 1 aromatic rings. The van der Waals surface area contributed by atoms with E-state index in [9.17, 15) is 9.18 Å². The molecule has 1 aliphatic heterocycles. The van der Waals surface area contributed by atoms with Crippen LogP contribution in [-0.4, -0.2) is 19.0 Å². The lowest BCUT2D eigenvalue weighted by Gasteiger charge is -2.22. The second kappa shape index (κ2) is 6.71. The van der Waals surface area contributed by atoms with Crippen LogP contribution >= 0.6 is 12.4 Å². The van der Waals surface area contributed by atoms with Crippen molar-refractivity contribution in [2.45, 2.75) is 19.8 Å². The fourth-order valence-electron chi connectivity index (χ4n) is 2.09. The quantitative estimate of drug-likeness (QED) is 0.869. The van der Waals surface area contributed by atoms with Gasteiger partial charge in [0.05, 0.1) is 11.6 Å². The van der Waals surface area contributed by atoms with Crippen LogP contribution in [-0.2, 0) is 4.79 Å². The number of nitrogens with one attached hydrogen (secondary N) is 2. The highest BCUT2D eigenvalue weighted by Gasteiger charge is 2.22. The zero-order valence-corrected chi connectivity index (χ0v) is 11.1. The maximum Gasteiger partial charge on any atom is 0.228 e. The van der Waals surface area contributed by atoms with Gasteiger partial charge in [-0.3, -0.25) is 4.79 Å². The van der Waals surface area contributed by atoms with Crippen molar-refractivity contribution in [1.29, 1.82) is 0 Å². The van der Waals surface area contributed by atoms with Gasteiger partial charge in [0.15, 0.2) is 0 Å². The van der Waals surface area contributed by atoms with Gasteiger partial charge < -0.3 is 10.6 Å². The first-order valence-electron chi connectivity index (χ1n) is 5.95. The van der Waals surface area contributed by atoms with E-state index in [2.05, 4.69) is 10.6 Å². The van der Waals surface area contributed by atoms with Gasteiger partial charge in [0.25, 0.3) is 0 Å². The van der Waals surface area contributed by atoms with E-state index in [0.29, 0.717) is 12.2 Å². The Hall–Kier alpha value is -1.13. The number of hydrogen-bond acceptors (Lipinski definition) is 2. The predicted molar refractivity (Wildman–Crippen MR) is 72.6 cm³/mol. The molecule has 0 bridgehead atoms. The Morgan fingerprint density at radius 2 is 2.28 bits per heavy atom. The molecular formula is C13H18ClFN2O. The standard InChI is InChI=1S/C13H17FN2O.ClH/c1-9-4-2-6-11(14)12(9)16-13(17)10-5-3-7-15-8-10;/h2,4,6,10,15H,3,5,7-8H2,1H3,(H,16,17);1H/t10-;/m1./s1. The summed E-state index contributed by atoms with van der Waals surface area (Å²) in [4.78, 5) is 12.0. The number of aryl methyl sites for hydroxylation is 1. The summed E-state index contributed by atoms with van der Waals surface area (Å²) in [6.45, 7) is 3.43. The van der Waals surface area contributed by atoms with Crippen LogP contribution < -0.4 is 10.6 Å². The summed E-state index contributed by atoms with van der Waals surface area (Å²) in [5, 5.41) is 5.87. The summed E-state index contributed by atoms with van der Waals surface area (Å²) < 4.78 is 13.5. The number of amides is 1. The SMILES string of the molecule is Cc1cccc(F)c1NC(=O)[C@@H]1CCCNC1.Cl. The molecule has 0 unspecified atom stereocenters. The van der Waals surface area contributed by atoms with Crippen molar-refractivity contribution in [3.8, 4) is 0 Å². The van der Waals surface area contributed by atoms with Crippen molar-refractivity contribution in [3.63, 3.8) is 0 Å². The van der Waals surface area contributed by atoms with E-state index in [1.165, 1.54) is 6.07 Å². The summed E-state index contributed by atoms with van der Waals surface area (Å²) in [7, 11) is 0. The lowest BCUT2D eigenvalue weighted by molar-refractivity contribution is -0.120. The van der Waals surface area contributed by atoms with E-state index in [0.717, 1.165) is 24.9 Å². The summed E-state index contributed by atoms with van der Waals surface area (Å²) in [6.07, 6.45) is 1.86. The number of carbonyl (C=O) groups excluding carboxylic acids is 1. The largest absolute Gasteiger partial charge is 0.323 e. The molecule has 0 radical (unpaired) electrons. The number of halogens is 2. The normalized spacial score (nSPS) is 18.9. The molecule has 0 spiro atoms. The van der Waals surface area contributed by atoms with Crippen molar-refractivity contribution >= 4 is 24.0 Å². The van der Waals surface area contributed by atoms with Gasteiger partial charge >= 0.3 is 0 Å². The Kier molecular flexibility index (Phi) is 5.56. The molecule has 3 nitrogen and oxygen atoms in total. The zero-order chi connectivity index (χ0) is 12.3. The summed E-state index contributed by atoms with van der Waals surface area (Å²) in [6, 6.07) is 4.79. The number of hydrogen-bond donors (Lipinski definition) is 2. The monoisotopic (exact) mass is 272 g/mol. The molecule has 1 aromatic carbocycles. The molecule has 5 heteroatoms. The molecule has 1 heterocycles. The van der Waals surface area contributed by atoms with Gasteiger partial charge in [0, 0.05) is 6.54 Å². The van der Waals surface area contributed by atoms with E-state index in [1.807, 2.05) is 0 Å². The molecule has 2 rings (SSSR count). The first-order chi connectivity index (χ1) is 8.18. The first-order valence-corrected chi connectivity index (χ1v) is 5.95. The Bertz CT molecular complexity index is 399. The average molecular weight is 273 g/mol. The molecule has 2 N–H and O–H groups in total. The van der Waals surface area contributed by atoms with Crippen LogP contribution in [0.5, 0.6) is 0 Å². The fraction of sp³-hybridized carbons (Fsp3) is 0.462. The third-order valence-electron chi connectivity index (χ3n) is 3.14. The Labute approximate surface area is 113 Å². The molecule has 0 saturated carbocycles. The molecule has 1 saturated heterocycles.